The standard InChI is InChI=1S/C11H10O3/c1-14-11(13)9-6-7-4-2-3-5-8(7)10(9)12/h2-5,12H,6H2,1H3. The van der Waals surface area contributed by atoms with Crippen LogP contribution in [0.5, 0.6) is 0 Å². The summed E-state index contributed by atoms with van der Waals surface area (Å²) >= 11 is 0. The third-order valence-corrected chi connectivity index (χ3v) is 2.36. The molecule has 72 valence electrons. The van der Waals surface area contributed by atoms with E-state index in [-0.39, 0.29) is 5.76 Å². The first kappa shape index (κ1) is 8.81. The average molecular weight is 190 g/mol. The summed E-state index contributed by atoms with van der Waals surface area (Å²) < 4.78 is 4.58. The van der Waals surface area contributed by atoms with Gasteiger partial charge in [-0.15, -0.1) is 0 Å². The van der Waals surface area contributed by atoms with Gasteiger partial charge in [0.15, 0.2) is 0 Å². The summed E-state index contributed by atoms with van der Waals surface area (Å²) in [6.07, 6.45) is 0.453. The number of aliphatic hydroxyl groups is 1. The lowest BCUT2D eigenvalue weighted by molar-refractivity contribution is -0.136. The molecule has 0 fully saturated rings. The molecule has 2 rings (SSSR count). The Morgan fingerprint density at radius 3 is 2.79 bits per heavy atom. The number of rotatable bonds is 1. The van der Waals surface area contributed by atoms with Gasteiger partial charge >= 0.3 is 5.97 Å². The van der Waals surface area contributed by atoms with Gasteiger partial charge in [0.25, 0.3) is 0 Å². The molecule has 0 aromatic heterocycles. The van der Waals surface area contributed by atoms with E-state index in [9.17, 15) is 9.90 Å². The van der Waals surface area contributed by atoms with Crippen LogP contribution < -0.4 is 0 Å². The fraction of sp³-hybridized carbons (Fsp3) is 0.182. The Labute approximate surface area is 81.6 Å². The summed E-state index contributed by atoms with van der Waals surface area (Å²) in [6, 6.07) is 7.39. The van der Waals surface area contributed by atoms with Crippen LogP contribution in [0, 0.1) is 0 Å². The van der Waals surface area contributed by atoms with Gasteiger partial charge < -0.3 is 9.84 Å². The van der Waals surface area contributed by atoms with E-state index in [2.05, 4.69) is 4.74 Å². The SMILES string of the molecule is COC(=O)C1=C(O)c2ccccc2C1. The number of carbonyl (C=O) groups excluding carboxylic acids is 1. The first-order valence-electron chi connectivity index (χ1n) is 4.32. The Kier molecular flexibility index (Phi) is 2.00. The number of aliphatic hydroxyl groups excluding tert-OH is 1. The second-order valence-electron chi connectivity index (χ2n) is 3.15. The van der Waals surface area contributed by atoms with E-state index in [1.165, 1.54) is 7.11 Å². The van der Waals surface area contributed by atoms with Gasteiger partial charge in [-0.25, -0.2) is 4.79 Å². The first-order valence-corrected chi connectivity index (χ1v) is 4.32. The zero-order valence-corrected chi connectivity index (χ0v) is 7.78. The minimum atomic E-state index is -0.460. The number of hydrogen-bond acceptors (Lipinski definition) is 3. The minimum Gasteiger partial charge on any atom is -0.507 e. The molecule has 0 spiro atoms. The predicted octanol–water partition coefficient (Wildman–Crippen LogP) is 1.68. The highest BCUT2D eigenvalue weighted by atomic mass is 16.5. The molecule has 0 bridgehead atoms. The Hall–Kier alpha value is -1.77. The molecular weight excluding hydrogens is 180 g/mol. The van der Waals surface area contributed by atoms with Crippen LogP contribution in [-0.4, -0.2) is 18.2 Å². The van der Waals surface area contributed by atoms with Crippen molar-refractivity contribution in [2.75, 3.05) is 7.11 Å². The Morgan fingerprint density at radius 1 is 1.43 bits per heavy atom. The number of fused-ring (bicyclic) bond motifs is 1. The average Bonchev–Trinajstić information content (AvgIpc) is 2.56. The van der Waals surface area contributed by atoms with Crippen molar-refractivity contribution in [1.29, 1.82) is 0 Å². The molecule has 0 heterocycles. The van der Waals surface area contributed by atoms with E-state index in [1.54, 1.807) is 6.07 Å². The Bertz CT molecular complexity index is 418. The monoisotopic (exact) mass is 190 g/mol. The fourth-order valence-electron chi connectivity index (χ4n) is 1.63. The lowest BCUT2D eigenvalue weighted by atomic mass is 10.1. The smallest absolute Gasteiger partial charge is 0.337 e. The van der Waals surface area contributed by atoms with Crippen molar-refractivity contribution in [2.24, 2.45) is 0 Å². The quantitative estimate of drug-likeness (QED) is 0.685. The van der Waals surface area contributed by atoms with Crippen LogP contribution in [0.2, 0.25) is 0 Å². The van der Waals surface area contributed by atoms with E-state index in [1.807, 2.05) is 18.2 Å². The fourth-order valence-corrected chi connectivity index (χ4v) is 1.63. The maximum absolute atomic E-state index is 11.3. The number of hydrogen-bond donors (Lipinski definition) is 1. The molecular formula is C11H10O3. The van der Waals surface area contributed by atoms with Crippen molar-refractivity contribution >= 4 is 11.7 Å². The summed E-state index contributed by atoms with van der Waals surface area (Å²) in [4.78, 5) is 11.3. The number of ether oxygens (including phenoxy) is 1. The van der Waals surface area contributed by atoms with Crippen molar-refractivity contribution in [3.63, 3.8) is 0 Å². The maximum atomic E-state index is 11.3. The topological polar surface area (TPSA) is 46.5 Å². The molecule has 0 atom stereocenters. The molecule has 14 heavy (non-hydrogen) atoms. The molecule has 0 saturated carbocycles. The first-order chi connectivity index (χ1) is 6.74. The molecule has 1 aromatic rings. The summed E-state index contributed by atoms with van der Waals surface area (Å²) in [5.41, 5.74) is 2.03. The van der Waals surface area contributed by atoms with Crippen LogP contribution in [0.25, 0.3) is 5.76 Å². The largest absolute Gasteiger partial charge is 0.507 e. The molecule has 1 aromatic carbocycles. The molecule has 0 amide bonds. The van der Waals surface area contributed by atoms with Gasteiger partial charge in [0.2, 0.25) is 0 Å². The van der Waals surface area contributed by atoms with E-state index in [4.69, 9.17) is 0 Å². The second-order valence-corrected chi connectivity index (χ2v) is 3.15. The molecule has 0 radical (unpaired) electrons. The van der Waals surface area contributed by atoms with Crippen LogP contribution in [-0.2, 0) is 16.0 Å². The van der Waals surface area contributed by atoms with Gasteiger partial charge in [0, 0.05) is 12.0 Å². The summed E-state index contributed by atoms with van der Waals surface area (Å²) in [7, 11) is 1.31. The molecule has 0 aliphatic heterocycles. The van der Waals surface area contributed by atoms with Gasteiger partial charge in [-0.1, -0.05) is 24.3 Å². The van der Waals surface area contributed by atoms with Gasteiger partial charge in [-0.05, 0) is 5.56 Å². The Morgan fingerprint density at radius 2 is 2.14 bits per heavy atom. The lowest BCUT2D eigenvalue weighted by Crippen LogP contribution is -2.05. The highest BCUT2D eigenvalue weighted by molar-refractivity contribution is 5.99. The van der Waals surface area contributed by atoms with Gasteiger partial charge in [-0.2, -0.15) is 0 Å². The minimum absolute atomic E-state index is 0.0486. The molecule has 0 saturated heterocycles. The molecule has 0 unspecified atom stereocenters. The predicted molar refractivity (Wildman–Crippen MR) is 51.7 cm³/mol. The molecule has 1 aliphatic carbocycles. The molecule has 3 nitrogen and oxygen atoms in total. The lowest BCUT2D eigenvalue weighted by Gasteiger charge is -1.98. The van der Waals surface area contributed by atoms with E-state index in [0.29, 0.717) is 12.0 Å². The van der Waals surface area contributed by atoms with Crippen molar-refractivity contribution in [1.82, 2.24) is 0 Å². The highest BCUT2D eigenvalue weighted by Gasteiger charge is 2.25. The summed E-state index contributed by atoms with van der Waals surface area (Å²) in [6.45, 7) is 0. The van der Waals surface area contributed by atoms with Crippen molar-refractivity contribution in [3.8, 4) is 0 Å². The third kappa shape index (κ3) is 1.18. The maximum Gasteiger partial charge on any atom is 0.337 e. The van der Waals surface area contributed by atoms with Gasteiger partial charge in [0.1, 0.15) is 5.76 Å². The van der Waals surface area contributed by atoms with Crippen molar-refractivity contribution < 1.29 is 14.6 Å². The van der Waals surface area contributed by atoms with Crippen LogP contribution in [0.4, 0.5) is 0 Å². The van der Waals surface area contributed by atoms with E-state index in [0.717, 1.165) is 11.1 Å². The number of carbonyl (C=O) groups is 1. The molecule has 1 aliphatic rings. The van der Waals surface area contributed by atoms with Gasteiger partial charge in [-0.3, -0.25) is 0 Å². The molecule has 1 N–H and O–H groups in total. The highest BCUT2D eigenvalue weighted by Crippen LogP contribution is 2.30. The van der Waals surface area contributed by atoms with Crippen LogP contribution >= 0.6 is 0 Å². The van der Waals surface area contributed by atoms with Crippen molar-refractivity contribution in [3.05, 3.63) is 41.0 Å². The number of methoxy groups -OCH3 is 1. The van der Waals surface area contributed by atoms with Crippen LogP contribution in [0.3, 0.4) is 0 Å². The molecule has 3 heteroatoms. The van der Waals surface area contributed by atoms with E-state index < -0.39 is 5.97 Å². The zero-order chi connectivity index (χ0) is 10.1. The summed E-state index contributed by atoms with van der Waals surface area (Å²) in [5.74, 6) is -0.411. The van der Waals surface area contributed by atoms with E-state index >= 15 is 0 Å². The zero-order valence-electron chi connectivity index (χ0n) is 7.78. The van der Waals surface area contributed by atoms with Crippen LogP contribution in [0.15, 0.2) is 29.8 Å². The second kappa shape index (κ2) is 3.18. The van der Waals surface area contributed by atoms with Crippen molar-refractivity contribution in [2.45, 2.75) is 6.42 Å². The number of benzene rings is 1. The summed E-state index contributed by atoms with van der Waals surface area (Å²) in [5, 5.41) is 9.72. The third-order valence-electron chi connectivity index (χ3n) is 2.36. The number of esters is 1. The Balaban J connectivity index is 2.44. The normalized spacial score (nSPS) is 14.1. The van der Waals surface area contributed by atoms with Gasteiger partial charge in [0.05, 0.1) is 12.7 Å². The van der Waals surface area contributed by atoms with Crippen LogP contribution in [0.1, 0.15) is 11.1 Å².